The lowest BCUT2D eigenvalue weighted by atomic mass is 10.1. The van der Waals surface area contributed by atoms with E-state index >= 15 is 0 Å². The molecule has 3 rings (SSSR count). The van der Waals surface area contributed by atoms with E-state index in [0.29, 0.717) is 17.9 Å². The Morgan fingerprint density at radius 2 is 1.44 bits per heavy atom. The van der Waals surface area contributed by atoms with Crippen LogP contribution >= 0.6 is 0 Å². The van der Waals surface area contributed by atoms with Gasteiger partial charge in [-0.15, -0.1) is 0 Å². The molecule has 0 saturated heterocycles. The predicted octanol–water partition coefficient (Wildman–Crippen LogP) is 3.26. The standard InChI is InChI=1S/C21H22N2O4/c1-14-8-10-18(26-14)20(24)22-13-17(12-16-6-4-3-5-7-16)23-21(25)19-11-9-15(2)27-19/h3-11,17H,12-13H2,1-2H3,(H,22,24)(H,23,25)/t17-/m0/s1. The number of carbonyl (C=O) groups excluding carboxylic acids is 2. The number of furan rings is 2. The van der Waals surface area contributed by atoms with Gasteiger partial charge in [0.05, 0.1) is 6.04 Å². The maximum Gasteiger partial charge on any atom is 0.287 e. The molecule has 140 valence electrons. The number of nitrogens with one attached hydrogen (secondary N) is 2. The number of hydrogen-bond donors (Lipinski definition) is 2. The van der Waals surface area contributed by atoms with Gasteiger partial charge in [-0.05, 0) is 50.1 Å². The Morgan fingerprint density at radius 3 is 2.00 bits per heavy atom. The van der Waals surface area contributed by atoms with Gasteiger partial charge in [0.2, 0.25) is 0 Å². The number of aryl methyl sites for hydroxylation is 2. The van der Waals surface area contributed by atoms with Gasteiger partial charge in [-0.3, -0.25) is 9.59 Å². The van der Waals surface area contributed by atoms with Gasteiger partial charge >= 0.3 is 0 Å². The number of benzene rings is 1. The lowest BCUT2D eigenvalue weighted by molar-refractivity contribution is 0.0879. The minimum Gasteiger partial charge on any atom is -0.456 e. The fourth-order valence-electron chi connectivity index (χ4n) is 2.75. The molecule has 2 aromatic heterocycles. The highest BCUT2D eigenvalue weighted by Crippen LogP contribution is 2.09. The van der Waals surface area contributed by atoms with E-state index in [-0.39, 0.29) is 35.9 Å². The van der Waals surface area contributed by atoms with Crippen molar-refractivity contribution in [2.45, 2.75) is 26.3 Å². The highest BCUT2D eigenvalue weighted by atomic mass is 16.4. The Balaban J connectivity index is 1.67. The third kappa shape index (κ3) is 5.10. The van der Waals surface area contributed by atoms with Crippen molar-refractivity contribution in [1.82, 2.24) is 10.6 Å². The molecule has 0 aliphatic heterocycles. The molecule has 3 aromatic rings. The second-order valence-corrected chi connectivity index (χ2v) is 6.39. The molecule has 0 bridgehead atoms. The minimum absolute atomic E-state index is 0.249. The zero-order chi connectivity index (χ0) is 19.2. The molecule has 0 spiro atoms. The van der Waals surface area contributed by atoms with Gasteiger partial charge in [-0.2, -0.15) is 0 Å². The molecule has 6 nitrogen and oxygen atoms in total. The van der Waals surface area contributed by atoms with Crippen LogP contribution in [0.4, 0.5) is 0 Å². The second-order valence-electron chi connectivity index (χ2n) is 6.39. The summed E-state index contributed by atoms with van der Waals surface area (Å²) in [5.41, 5.74) is 1.06. The van der Waals surface area contributed by atoms with E-state index in [2.05, 4.69) is 10.6 Å². The maximum absolute atomic E-state index is 12.4. The largest absolute Gasteiger partial charge is 0.456 e. The van der Waals surface area contributed by atoms with Crippen LogP contribution in [-0.4, -0.2) is 24.4 Å². The molecule has 0 radical (unpaired) electrons. The molecule has 0 fully saturated rings. The van der Waals surface area contributed by atoms with Crippen LogP contribution in [-0.2, 0) is 6.42 Å². The van der Waals surface area contributed by atoms with Crippen LogP contribution in [0.2, 0.25) is 0 Å². The number of rotatable bonds is 7. The predicted molar refractivity (Wildman–Crippen MR) is 101 cm³/mol. The molecule has 2 amide bonds. The van der Waals surface area contributed by atoms with Crippen LogP contribution in [0.1, 0.15) is 38.2 Å². The molecule has 1 aromatic carbocycles. The Labute approximate surface area is 157 Å². The van der Waals surface area contributed by atoms with Gasteiger partial charge in [0.1, 0.15) is 11.5 Å². The second kappa shape index (κ2) is 8.40. The first-order chi connectivity index (χ1) is 13.0. The fourth-order valence-corrected chi connectivity index (χ4v) is 2.75. The monoisotopic (exact) mass is 366 g/mol. The first-order valence-electron chi connectivity index (χ1n) is 8.77. The molecule has 2 N–H and O–H groups in total. The Morgan fingerprint density at radius 1 is 0.852 bits per heavy atom. The van der Waals surface area contributed by atoms with Gasteiger partial charge in [0, 0.05) is 6.54 Å². The minimum atomic E-state index is -0.316. The lowest BCUT2D eigenvalue weighted by Crippen LogP contribution is -2.44. The van der Waals surface area contributed by atoms with Gasteiger partial charge < -0.3 is 19.5 Å². The van der Waals surface area contributed by atoms with E-state index in [1.807, 2.05) is 30.3 Å². The lowest BCUT2D eigenvalue weighted by Gasteiger charge is -2.19. The summed E-state index contributed by atoms with van der Waals surface area (Å²) in [5.74, 6) is 1.21. The van der Waals surface area contributed by atoms with E-state index in [9.17, 15) is 9.59 Å². The Kier molecular flexibility index (Phi) is 5.76. The van der Waals surface area contributed by atoms with Crippen molar-refractivity contribution in [3.8, 4) is 0 Å². The maximum atomic E-state index is 12.4. The van der Waals surface area contributed by atoms with Crippen molar-refractivity contribution < 1.29 is 18.4 Å². The van der Waals surface area contributed by atoms with Crippen LogP contribution in [0, 0.1) is 13.8 Å². The summed E-state index contributed by atoms with van der Waals surface area (Å²) in [4.78, 5) is 24.7. The van der Waals surface area contributed by atoms with Crippen molar-refractivity contribution in [3.63, 3.8) is 0 Å². The van der Waals surface area contributed by atoms with Crippen molar-refractivity contribution in [1.29, 1.82) is 0 Å². The summed E-state index contributed by atoms with van der Waals surface area (Å²) in [6, 6.07) is 16.2. The molecule has 27 heavy (non-hydrogen) atoms. The van der Waals surface area contributed by atoms with Crippen LogP contribution < -0.4 is 10.6 Å². The van der Waals surface area contributed by atoms with Crippen molar-refractivity contribution in [2.24, 2.45) is 0 Å². The highest BCUT2D eigenvalue weighted by molar-refractivity contribution is 5.92. The highest BCUT2D eigenvalue weighted by Gasteiger charge is 2.19. The van der Waals surface area contributed by atoms with Crippen LogP contribution in [0.3, 0.4) is 0 Å². The summed E-state index contributed by atoms with van der Waals surface area (Å²) < 4.78 is 10.7. The normalized spacial score (nSPS) is 11.8. The smallest absolute Gasteiger partial charge is 0.287 e. The topological polar surface area (TPSA) is 84.5 Å². The molecular weight excluding hydrogens is 344 g/mol. The Hall–Kier alpha value is -3.28. The van der Waals surface area contributed by atoms with Gasteiger partial charge in [0.15, 0.2) is 11.5 Å². The molecule has 1 atom stereocenters. The van der Waals surface area contributed by atoms with Gasteiger partial charge in [-0.25, -0.2) is 0 Å². The average Bonchev–Trinajstić information content (AvgIpc) is 3.29. The molecule has 0 saturated carbocycles. The average molecular weight is 366 g/mol. The van der Waals surface area contributed by atoms with E-state index in [4.69, 9.17) is 8.83 Å². The molecule has 0 aliphatic carbocycles. The quantitative estimate of drug-likeness (QED) is 0.672. The summed E-state index contributed by atoms with van der Waals surface area (Å²) in [6.45, 7) is 3.82. The third-order valence-electron chi connectivity index (χ3n) is 4.10. The van der Waals surface area contributed by atoms with E-state index in [1.54, 1.807) is 38.1 Å². The van der Waals surface area contributed by atoms with Crippen molar-refractivity contribution in [2.75, 3.05) is 6.54 Å². The number of carbonyl (C=O) groups is 2. The zero-order valence-corrected chi connectivity index (χ0v) is 15.3. The molecule has 2 heterocycles. The van der Waals surface area contributed by atoms with Crippen LogP contribution in [0.5, 0.6) is 0 Å². The Bertz CT molecular complexity index is 911. The van der Waals surface area contributed by atoms with Gasteiger partial charge in [-0.1, -0.05) is 30.3 Å². The van der Waals surface area contributed by atoms with Crippen LogP contribution in [0.15, 0.2) is 63.4 Å². The van der Waals surface area contributed by atoms with Gasteiger partial charge in [0.25, 0.3) is 11.8 Å². The first kappa shape index (κ1) is 18.5. The summed E-state index contributed by atoms with van der Waals surface area (Å²) in [6.07, 6.45) is 0.573. The van der Waals surface area contributed by atoms with Crippen molar-refractivity contribution in [3.05, 3.63) is 83.2 Å². The van der Waals surface area contributed by atoms with E-state index < -0.39 is 0 Å². The molecule has 0 unspecified atom stereocenters. The third-order valence-corrected chi connectivity index (χ3v) is 4.10. The zero-order valence-electron chi connectivity index (χ0n) is 15.3. The molecule has 6 heteroatoms. The van der Waals surface area contributed by atoms with E-state index in [1.165, 1.54) is 0 Å². The van der Waals surface area contributed by atoms with E-state index in [0.717, 1.165) is 5.56 Å². The van der Waals surface area contributed by atoms with Crippen molar-refractivity contribution >= 4 is 11.8 Å². The summed E-state index contributed by atoms with van der Waals surface area (Å²) in [7, 11) is 0. The fraction of sp³-hybridized carbons (Fsp3) is 0.238. The SMILES string of the molecule is Cc1ccc(C(=O)NC[C@H](Cc2ccccc2)NC(=O)c2ccc(C)o2)o1. The summed E-state index contributed by atoms with van der Waals surface area (Å²) in [5, 5.41) is 5.75. The summed E-state index contributed by atoms with van der Waals surface area (Å²) >= 11 is 0. The number of hydrogen-bond acceptors (Lipinski definition) is 4. The van der Waals surface area contributed by atoms with Crippen LogP contribution in [0.25, 0.3) is 0 Å². The number of amides is 2. The first-order valence-corrected chi connectivity index (χ1v) is 8.77. The molecular formula is C21H22N2O4. The molecule has 0 aliphatic rings.